The van der Waals surface area contributed by atoms with Gasteiger partial charge in [0, 0.05) is 12.8 Å². The zero-order valence-corrected chi connectivity index (χ0v) is 16.5. The molecule has 3 nitrogen and oxygen atoms in total. The first-order valence-electron chi connectivity index (χ1n) is 10.6. The molecule has 0 aromatic rings. The average Bonchev–Trinajstić information content (AvgIpc) is 2.86. The molecule has 0 heterocycles. The van der Waals surface area contributed by atoms with Crippen molar-refractivity contribution in [3.8, 4) is 0 Å². The maximum Gasteiger partial charge on any atom is 0.132 e. The largest absolute Gasteiger partial charge is 0.393 e. The predicted molar refractivity (Wildman–Crippen MR) is 105 cm³/mol. The second-order valence-corrected chi connectivity index (χ2v) is 7.79. The first-order valence-corrected chi connectivity index (χ1v) is 10.6. The predicted octanol–water partition coefficient (Wildman–Crippen LogP) is 5.19. The molecule has 1 aliphatic carbocycles. The fourth-order valence-electron chi connectivity index (χ4n) is 3.99. The Kier molecular flexibility index (Phi) is 12.1. The highest BCUT2D eigenvalue weighted by Gasteiger charge is 2.40. The molecule has 1 fully saturated rings. The number of ketones is 1. The molecule has 0 bridgehead atoms. The van der Waals surface area contributed by atoms with Crippen molar-refractivity contribution in [2.75, 3.05) is 0 Å². The van der Waals surface area contributed by atoms with Gasteiger partial charge in [-0.25, -0.2) is 0 Å². The number of hydrogen-bond acceptors (Lipinski definition) is 3. The lowest BCUT2D eigenvalue weighted by Gasteiger charge is -2.22. The van der Waals surface area contributed by atoms with Crippen LogP contribution in [0.3, 0.4) is 0 Å². The molecule has 25 heavy (non-hydrogen) atoms. The second-order valence-electron chi connectivity index (χ2n) is 7.79. The van der Waals surface area contributed by atoms with Gasteiger partial charge < -0.3 is 10.2 Å². The summed E-state index contributed by atoms with van der Waals surface area (Å²) in [5.74, 6) is 0.485. The van der Waals surface area contributed by atoms with Gasteiger partial charge in [-0.05, 0) is 50.4 Å². The molecular weight excluding hydrogens is 312 g/mol. The molecule has 0 spiro atoms. The van der Waals surface area contributed by atoms with Crippen LogP contribution in [0.1, 0.15) is 97.3 Å². The standard InChI is InChI=1S/C22H40O3/c1-3-5-7-9-10-12-14-19-20(22(25)17-21(19)24)16-15-18(23)13-11-8-6-4-2/h10,12,19-22,24-25H,3-9,11,13-17H2,1-2H3/b12-10-/t19-,20-,21+,22-/m1/s1. The number of allylic oxidation sites excluding steroid dienone is 2. The van der Waals surface area contributed by atoms with E-state index in [0.717, 1.165) is 32.1 Å². The van der Waals surface area contributed by atoms with E-state index >= 15 is 0 Å². The quantitative estimate of drug-likeness (QED) is 0.334. The highest BCUT2D eigenvalue weighted by molar-refractivity contribution is 5.78. The van der Waals surface area contributed by atoms with Gasteiger partial charge in [0.2, 0.25) is 0 Å². The molecule has 4 atom stereocenters. The fraction of sp³-hybridized carbons (Fsp3) is 0.864. The van der Waals surface area contributed by atoms with E-state index in [9.17, 15) is 15.0 Å². The van der Waals surface area contributed by atoms with Crippen molar-refractivity contribution < 1.29 is 15.0 Å². The molecule has 0 amide bonds. The monoisotopic (exact) mass is 352 g/mol. The van der Waals surface area contributed by atoms with Gasteiger partial charge in [-0.1, -0.05) is 58.1 Å². The first-order chi connectivity index (χ1) is 12.1. The van der Waals surface area contributed by atoms with Gasteiger partial charge >= 0.3 is 0 Å². The summed E-state index contributed by atoms with van der Waals surface area (Å²) in [4.78, 5) is 12.1. The van der Waals surface area contributed by atoms with E-state index in [-0.39, 0.29) is 11.8 Å². The van der Waals surface area contributed by atoms with Crippen LogP contribution >= 0.6 is 0 Å². The lowest BCUT2D eigenvalue weighted by atomic mass is 9.86. The molecular formula is C22H40O3. The molecule has 1 aliphatic rings. The molecule has 146 valence electrons. The van der Waals surface area contributed by atoms with E-state index in [1.807, 2.05) is 0 Å². The van der Waals surface area contributed by atoms with E-state index < -0.39 is 12.2 Å². The summed E-state index contributed by atoms with van der Waals surface area (Å²) in [6, 6.07) is 0. The summed E-state index contributed by atoms with van der Waals surface area (Å²) in [6.07, 6.45) is 16.1. The molecule has 3 heteroatoms. The Bertz CT molecular complexity index is 377. The molecule has 0 saturated heterocycles. The van der Waals surface area contributed by atoms with Crippen molar-refractivity contribution in [2.45, 2.75) is 110 Å². The van der Waals surface area contributed by atoms with E-state index in [4.69, 9.17) is 0 Å². The van der Waals surface area contributed by atoms with Crippen LogP contribution in [0.2, 0.25) is 0 Å². The van der Waals surface area contributed by atoms with Crippen LogP contribution in [0.15, 0.2) is 12.2 Å². The van der Waals surface area contributed by atoms with Crippen LogP contribution in [0.5, 0.6) is 0 Å². The van der Waals surface area contributed by atoms with Gasteiger partial charge in [-0.3, -0.25) is 4.79 Å². The Balaban J connectivity index is 2.34. The first kappa shape index (κ1) is 22.4. The number of Topliss-reactive ketones (excluding diaryl/α,β-unsaturated/α-hetero) is 1. The minimum Gasteiger partial charge on any atom is -0.393 e. The Morgan fingerprint density at radius 1 is 0.880 bits per heavy atom. The third-order valence-electron chi connectivity index (χ3n) is 5.64. The van der Waals surface area contributed by atoms with Crippen LogP contribution < -0.4 is 0 Å². The highest BCUT2D eigenvalue weighted by atomic mass is 16.3. The van der Waals surface area contributed by atoms with E-state index in [1.54, 1.807) is 0 Å². The summed E-state index contributed by atoms with van der Waals surface area (Å²) in [6.45, 7) is 4.38. The number of aliphatic hydroxyl groups excluding tert-OH is 2. The molecule has 0 aromatic carbocycles. The highest BCUT2D eigenvalue weighted by Crippen LogP contribution is 2.38. The van der Waals surface area contributed by atoms with Crippen molar-refractivity contribution in [2.24, 2.45) is 11.8 Å². The van der Waals surface area contributed by atoms with Crippen molar-refractivity contribution in [1.82, 2.24) is 0 Å². The number of rotatable bonds is 14. The van der Waals surface area contributed by atoms with Gasteiger partial charge in [0.25, 0.3) is 0 Å². The number of hydrogen-bond donors (Lipinski definition) is 2. The average molecular weight is 353 g/mol. The van der Waals surface area contributed by atoms with Crippen LogP contribution in [0.25, 0.3) is 0 Å². The molecule has 2 N–H and O–H groups in total. The van der Waals surface area contributed by atoms with Crippen LogP contribution in [0, 0.1) is 11.8 Å². The van der Waals surface area contributed by atoms with Crippen molar-refractivity contribution in [3.05, 3.63) is 12.2 Å². The number of aliphatic hydroxyl groups is 2. The third-order valence-corrected chi connectivity index (χ3v) is 5.64. The molecule has 0 aliphatic heterocycles. The summed E-state index contributed by atoms with van der Waals surface area (Å²) < 4.78 is 0. The van der Waals surface area contributed by atoms with Gasteiger partial charge in [-0.2, -0.15) is 0 Å². The zero-order chi connectivity index (χ0) is 18.5. The van der Waals surface area contributed by atoms with Crippen LogP contribution in [-0.2, 0) is 4.79 Å². The second kappa shape index (κ2) is 13.5. The fourth-order valence-corrected chi connectivity index (χ4v) is 3.99. The Morgan fingerprint density at radius 2 is 1.56 bits per heavy atom. The smallest absolute Gasteiger partial charge is 0.132 e. The molecule has 0 radical (unpaired) electrons. The number of carbonyl (C=O) groups is 1. The van der Waals surface area contributed by atoms with E-state index in [0.29, 0.717) is 25.0 Å². The maximum absolute atomic E-state index is 12.1. The van der Waals surface area contributed by atoms with Crippen molar-refractivity contribution >= 4 is 5.78 Å². The summed E-state index contributed by atoms with van der Waals surface area (Å²) in [7, 11) is 0. The van der Waals surface area contributed by atoms with Gasteiger partial charge in [-0.15, -0.1) is 0 Å². The SMILES string of the molecule is CCCCC/C=C\C[C@@H]1[C@@H](CCC(=O)CCCCCC)[C@H](O)C[C@@H]1O. The van der Waals surface area contributed by atoms with Crippen LogP contribution in [0.4, 0.5) is 0 Å². The summed E-state index contributed by atoms with van der Waals surface area (Å²) >= 11 is 0. The molecule has 1 rings (SSSR count). The normalized spacial score (nSPS) is 26.6. The van der Waals surface area contributed by atoms with E-state index in [1.165, 1.54) is 32.1 Å². The Labute approximate surface area is 154 Å². The summed E-state index contributed by atoms with van der Waals surface area (Å²) in [5, 5.41) is 20.5. The number of unbranched alkanes of at least 4 members (excludes halogenated alkanes) is 6. The van der Waals surface area contributed by atoms with Gasteiger partial charge in [0.15, 0.2) is 0 Å². The number of carbonyl (C=O) groups excluding carboxylic acids is 1. The summed E-state index contributed by atoms with van der Waals surface area (Å²) in [5.41, 5.74) is 0. The Morgan fingerprint density at radius 3 is 2.28 bits per heavy atom. The lowest BCUT2D eigenvalue weighted by molar-refractivity contribution is -0.119. The zero-order valence-electron chi connectivity index (χ0n) is 16.5. The third kappa shape index (κ3) is 9.01. The van der Waals surface area contributed by atoms with Gasteiger partial charge in [0.1, 0.15) is 5.78 Å². The molecule has 0 unspecified atom stereocenters. The minimum absolute atomic E-state index is 0.0647. The maximum atomic E-state index is 12.1. The lowest BCUT2D eigenvalue weighted by Crippen LogP contribution is -2.22. The van der Waals surface area contributed by atoms with Crippen molar-refractivity contribution in [3.63, 3.8) is 0 Å². The molecule has 1 saturated carbocycles. The topological polar surface area (TPSA) is 57.5 Å². The Hall–Kier alpha value is -0.670. The van der Waals surface area contributed by atoms with E-state index in [2.05, 4.69) is 26.0 Å². The van der Waals surface area contributed by atoms with Gasteiger partial charge in [0.05, 0.1) is 12.2 Å². The van der Waals surface area contributed by atoms with Crippen molar-refractivity contribution in [1.29, 1.82) is 0 Å². The minimum atomic E-state index is -0.457. The molecule has 0 aromatic heterocycles. The van der Waals surface area contributed by atoms with Crippen LogP contribution in [-0.4, -0.2) is 28.2 Å².